The van der Waals surface area contributed by atoms with Crippen molar-refractivity contribution in [1.29, 1.82) is 0 Å². The number of carbonyl (C=O) groups excluding carboxylic acids is 1. The van der Waals surface area contributed by atoms with Gasteiger partial charge in [-0.1, -0.05) is 0 Å². The monoisotopic (exact) mass is 410 g/mol. The molecule has 11 nitrogen and oxygen atoms in total. The van der Waals surface area contributed by atoms with E-state index in [1.807, 2.05) is 6.79 Å². The van der Waals surface area contributed by atoms with Crippen LogP contribution in [0.25, 0.3) is 0 Å². The van der Waals surface area contributed by atoms with Gasteiger partial charge in [-0.3, -0.25) is 0 Å². The first kappa shape index (κ1) is 43.9. The van der Waals surface area contributed by atoms with Crippen LogP contribution >= 0.6 is 12.3 Å². The van der Waals surface area contributed by atoms with Gasteiger partial charge >= 0.3 is 162 Å². The van der Waals surface area contributed by atoms with Crippen LogP contribution in [0.15, 0.2) is 0 Å². The van der Waals surface area contributed by atoms with Gasteiger partial charge in [-0.05, 0) is 0 Å². The summed E-state index contributed by atoms with van der Waals surface area (Å²) in [6, 6.07) is 0. The van der Waals surface area contributed by atoms with Crippen molar-refractivity contribution in [2.45, 2.75) is 0 Å². The normalized spacial score (nSPS) is 8.21. The zero-order valence-electron chi connectivity index (χ0n) is 10.4. The van der Waals surface area contributed by atoms with E-state index in [9.17, 15) is 25.9 Å². The van der Waals surface area contributed by atoms with E-state index in [4.69, 9.17) is 13.9 Å². The standard InChI is InChI=1S/CH2O.2K.2Na.H2O8S2.H2O2S/c1-2;;;;;1-9(2,3)7-8-10(4,5)6;1-3-2/h1H2;;;;;(H,1,2,3)(H,4,5,6);1-2H/q;4*+1;;/p-4. The van der Waals surface area contributed by atoms with Crippen LogP contribution in [0.5, 0.6) is 0 Å². The fraction of sp³-hybridized carbons (Fsp3) is 0. The van der Waals surface area contributed by atoms with Crippen molar-refractivity contribution in [1.82, 2.24) is 0 Å². The molecule has 19 heavy (non-hydrogen) atoms. The Kier molecular flexibility index (Phi) is 64.2. The maximum Gasteiger partial charge on any atom is 1.00 e. The predicted octanol–water partition coefficient (Wildman–Crippen LogP) is -14.3. The maximum atomic E-state index is 9.37. The zero-order valence-corrected chi connectivity index (χ0v) is 23.1. The second kappa shape index (κ2) is 27.8. The molecule has 0 aromatic carbocycles. The minimum Gasteiger partial charge on any atom is -0.811 e. The first-order valence-corrected chi connectivity index (χ1v) is 5.46. The van der Waals surface area contributed by atoms with Crippen LogP contribution in [0, 0.1) is 0 Å². The third-order valence-corrected chi connectivity index (χ3v) is 0.750. The van der Waals surface area contributed by atoms with Crippen LogP contribution in [0.1, 0.15) is 0 Å². The largest absolute Gasteiger partial charge is 1.00 e. The number of rotatable bonds is 3. The van der Waals surface area contributed by atoms with Gasteiger partial charge in [0.2, 0.25) is 20.8 Å². The summed E-state index contributed by atoms with van der Waals surface area (Å²) in [5.74, 6) is 0. The Morgan fingerprint density at radius 1 is 0.789 bits per heavy atom. The Hall–Kier alpha value is 4.95. The summed E-state index contributed by atoms with van der Waals surface area (Å²) >= 11 is -0.750. The molecule has 0 aromatic rings. The van der Waals surface area contributed by atoms with Crippen LogP contribution in [0.2, 0.25) is 0 Å². The smallest absolute Gasteiger partial charge is 0.811 e. The van der Waals surface area contributed by atoms with E-state index >= 15 is 0 Å². The molecule has 0 unspecified atom stereocenters. The van der Waals surface area contributed by atoms with Gasteiger partial charge in [0, 0.05) is 0 Å². The van der Waals surface area contributed by atoms with Gasteiger partial charge in [-0.15, -0.1) is 8.67 Å². The van der Waals surface area contributed by atoms with Gasteiger partial charge in [0.05, 0.1) is 0 Å². The quantitative estimate of drug-likeness (QED) is 0.106. The van der Waals surface area contributed by atoms with E-state index in [-0.39, 0.29) is 162 Å². The van der Waals surface area contributed by atoms with Gasteiger partial charge < -0.3 is 35.3 Å². The minimum atomic E-state index is -5.31. The fourth-order valence-electron chi connectivity index (χ4n) is 0.0680. The second-order valence-corrected chi connectivity index (χ2v) is 3.06. The molecule has 0 aromatic heterocycles. The van der Waals surface area contributed by atoms with Gasteiger partial charge in [0.15, 0.2) is 0 Å². The molecule has 0 saturated heterocycles. The molecule has 0 amide bonds. The minimum absolute atomic E-state index is 0. The first-order valence-electron chi connectivity index (χ1n) is 2.12. The van der Waals surface area contributed by atoms with Gasteiger partial charge in [-0.2, -0.15) is 0 Å². The molecule has 0 saturated carbocycles. The molecule has 0 fully saturated rings. The Balaban J connectivity index is -0.0000000284. The van der Waals surface area contributed by atoms with Crippen molar-refractivity contribution in [3.63, 3.8) is 0 Å². The Labute approximate surface area is 244 Å². The topological polar surface area (TPSA) is 196 Å². The van der Waals surface area contributed by atoms with Crippen LogP contribution in [0.3, 0.4) is 0 Å². The molecule has 18 heteroatoms. The molecule has 0 spiro atoms. The molecule has 0 rings (SSSR count). The Bertz CT molecular complexity index is 296. The van der Waals surface area contributed by atoms with Crippen LogP contribution in [-0.4, -0.2) is 41.8 Å². The van der Waals surface area contributed by atoms with E-state index in [2.05, 4.69) is 8.67 Å². The van der Waals surface area contributed by atoms with E-state index in [0.717, 1.165) is 0 Å². The second-order valence-electron chi connectivity index (χ2n) is 1.02. The van der Waals surface area contributed by atoms with Crippen molar-refractivity contribution in [3.8, 4) is 0 Å². The summed E-state index contributed by atoms with van der Waals surface area (Å²) in [5.41, 5.74) is 0. The average Bonchev–Trinajstić information content (AvgIpc) is 2.04. The van der Waals surface area contributed by atoms with Crippen molar-refractivity contribution in [2.75, 3.05) is 0 Å². The van der Waals surface area contributed by atoms with E-state index < -0.39 is 33.1 Å². The summed E-state index contributed by atoms with van der Waals surface area (Å²) in [7, 11) is -10.6. The number of hydrogen-bond acceptors (Lipinski definition) is 12. The first-order chi connectivity index (χ1) is 6.62. The summed E-state index contributed by atoms with van der Waals surface area (Å²) in [4.78, 5) is 8.00. The zero-order chi connectivity index (χ0) is 13.1. The van der Waals surface area contributed by atoms with E-state index in [1.54, 1.807) is 0 Å². The average molecular weight is 410 g/mol. The Morgan fingerprint density at radius 3 is 0.947 bits per heavy atom. The van der Waals surface area contributed by atoms with Crippen LogP contribution in [0.4, 0.5) is 0 Å². The molecule has 0 bridgehead atoms. The molecule has 0 aliphatic carbocycles. The van der Waals surface area contributed by atoms with E-state index in [1.165, 1.54) is 0 Å². The third-order valence-electron chi connectivity index (χ3n) is 0.194. The molecule has 0 aliphatic rings. The Morgan fingerprint density at radius 2 is 0.895 bits per heavy atom. The molecular weight excluding hydrogens is 408 g/mol. The SMILES string of the molecule is C=O.O=S(=O)([O-])OOS(=O)(=O)[O-].[K+].[K+].[Na+].[Na+].[O-]S[O-]. The van der Waals surface area contributed by atoms with E-state index in [0.29, 0.717) is 0 Å². The third kappa shape index (κ3) is 70.5. The van der Waals surface area contributed by atoms with Gasteiger partial charge in [0.25, 0.3) is 0 Å². The molecule has 0 atom stereocenters. The summed E-state index contributed by atoms with van der Waals surface area (Å²) in [6.45, 7) is 2.00. The fourth-order valence-corrected chi connectivity index (χ4v) is 0.612. The van der Waals surface area contributed by atoms with Crippen molar-refractivity contribution in [3.05, 3.63) is 0 Å². The van der Waals surface area contributed by atoms with Crippen molar-refractivity contribution >= 4 is 39.9 Å². The molecule has 0 heterocycles. The van der Waals surface area contributed by atoms with Gasteiger partial charge in [-0.25, -0.2) is 16.8 Å². The molecule has 0 aliphatic heterocycles. The summed E-state index contributed by atoms with van der Waals surface area (Å²) in [6.07, 6.45) is 0. The summed E-state index contributed by atoms with van der Waals surface area (Å²) < 4.78 is 78.0. The summed E-state index contributed by atoms with van der Waals surface area (Å²) in [5, 5.41) is 0. The maximum absolute atomic E-state index is 9.37. The van der Waals surface area contributed by atoms with Crippen molar-refractivity contribution in [2.24, 2.45) is 0 Å². The predicted molar refractivity (Wildman–Crippen MR) is 37.8 cm³/mol. The van der Waals surface area contributed by atoms with Crippen molar-refractivity contribution < 1.29 is 210 Å². The number of hydrogen-bond donors (Lipinski definition) is 0. The van der Waals surface area contributed by atoms with Crippen LogP contribution < -0.4 is 162 Å². The molecule has 94 valence electrons. The number of carbonyl (C=O) groups is 1. The van der Waals surface area contributed by atoms with Crippen LogP contribution in [-0.2, 0) is 34.3 Å². The molecule has 0 N–H and O–H groups in total. The van der Waals surface area contributed by atoms with Gasteiger partial charge in [0.1, 0.15) is 6.79 Å². The molecule has 0 radical (unpaired) electrons. The molecular formula is CH2K2Na2O11S3.